The third-order valence-electron chi connectivity index (χ3n) is 5.92. The standard InChI is InChI=1S/C23H21F3N6O3S/c1-35-18-6-3-7-19(15-18)36(33,34)31-12-10-30(11-13-31)22-28-21-27-9-8-20(32(21)29-22)16-4-2-5-17(14-16)23(24,25)26/h2-9,14-15H,10-13H2,1H3. The van der Waals surface area contributed by atoms with Gasteiger partial charge in [0, 0.05) is 44.0 Å². The third kappa shape index (κ3) is 4.46. The molecule has 1 saturated heterocycles. The molecule has 0 saturated carbocycles. The molecule has 1 aliphatic rings. The van der Waals surface area contributed by atoms with Crippen molar-refractivity contribution in [3.63, 3.8) is 0 Å². The molecule has 0 amide bonds. The number of nitrogens with zero attached hydrogens (tertiary/aromatic N) is 6. The Hall–Kier alpha value is -3.71. The molecule has 2 aromatic carbocycles. The second-order valence-corrected chi connectivity index (χ2v) is 10.0. The maximum absolute atomic E-state index is 13.2. The lowest BCUT2D eigenvalue weighted by molar-refractivity contribution is -0.137. The predicted molar refractivity (Wildman–Crippen MR) is 125 cm³/mol. The fourth-order valence-corrected chi connectivity index (χ4v) is 5.49. The lowest BCUT2D eigenvalue weighted by atomic mass is 10.1. The van der Waals surface area contributed by atoms with Crippen molar-refractivity contribution in [2.45, 2.75) is 11.1 Å². The number of alkyl halides is 3. The van der Waals surface area contributed by atoms with Crippen molar-refractivity contribution < 1.29 is 26.3 Å². The molecule has 4 aromatic rings. The van der Waals surface area contributed by atoms with Crippen molar-refractivity contribution in [1.82, 2.24) is 23.9 Å². The smallest absolute Gasteiger partial charge is 0.416 e. The summed E-state index contributed by atoms with van der Waals surface area (Å²) in [5.41, 5.74) is -0.0365. The molecule has 13 heteroatoms. The van der Waals surface area contributed by atoms with Crippen LogP contribution < -0.4 is 9.64 Å². The van der Waals surface area contributed by atoms with E-state index >= 15 is 0 Å². The van der Waals surface area contributed by atoms with Crippen molar-refractivity contribution in [3.8, 4) is 17.0 Å². The van der Waals surface area contributed by atoms with E-state index in [9.17, 15) is 21.6 Å². The SMILES string of the molecule is COc1cccc(S(=O)(=O)N2CCN(c3nc4nccc(-c5cccc(C(F)(F)F)c5)n4n3)CC2)c1. The number of sulfonamides is 1. The van der Waals surface area contributed by atoms with Crippen molar-refractivity contribution >= 4 is 21.7 Å². The number of fused-ring (bicyclic) bond motifs is 1. The number of aromatic nitrogens is 4. The number of methoxy groups -OCH3 is 1. The highest BCUT2D eigenvalue weighted by molar-refractivity contribution is 7.89. The molecule has 9 nitrogen and oxygen atoms in total. The highest BCUT2D eigenvalue weighted by atomic mass is 32.2. The minimum absolute atomic E-state index is 0.149. The Morgan fingerprint density at radius 1 is 0.972 bits per heavy atom. The number of hydrogen-bond donors (Lipinski definition) is 0. The molecule has 0 bridgehead atoms. The van der Waals surface area contributed by atoms with Crippen LogP contribution in [0, 0.1) is 0 Å². The summed E-state index contributed by atoms with van der Waals surface area (Å²) in [6, 6.07) is 12.8. The van der Waals surface area contributed by atoms with Crippen molar-refractivity contribution in [2.24, 2.45) is 0 Å². The zero-order valence-electron chi connectivity index (χ0n) is 19.1. The third-order valence-corrected chi connectivity index (χ3v) is 7.81. The quantitative estimate of drug-likeness (QED) is 0.400. The van der Waals surface area contributed by atoms with Crippen LogP contribution in [0.15, 0.2) is 65.7 Å². The van der Waals surface area contributed by atoms with E-state index in [2.05, 4.69) is 15.1 Å². The largest absolute Gasteiger partial charge is 0.497 e. The Balaban J connectivity index is 1.38. The summed E-state index contributed by atoms with van der Waals surface area (Å²) in [7, 11) is -2.24. The van der Waals surface area contributed by atoms with E-state index in [1.165, 1.54) is 40.3 Å². The Morgan fingerprint density at radius 3 is 2.44 bits per heavy atom. The molecular formula is C23H21F3N6O3S. The first-order chi connectivity index (χ1) is 17.2. The van der Waals surface area contributed by atoms with Crippen LogP contribution in [0.2, 0.25) is 0 Å². The van der Waals surface area contributed by atoms with Crippen LogP contribution in [0.5, 0.6) is 5.75 Å². The van der Waals surface area contributed by atoms with E-state index in [0.29, 0.717) is 36.0 Å². The van der Waals surface area contributed by atoms with E-state index < -0.39 is 21.8 Å². The molecule has 0 spiro atoms. The van der Waals surface area contributed by atoms with Crippen LogP contribution in [-0.2, 0) is 16.2 Å². The van der Waals surface area contributed by atoms with Crippen LogP contribution in [0.3, 0.4) is 0 Å². The summed E-state index contributed by atoms with van der Waals surface area (Å²) in [6.45, 7) is 1.09. The van der Waals surface area contributed by atoms with E-state index in [-0.39, 0.29) is 23.8 Å². The lowest BCUT2D eigenvalue weighted by Gasteiger charge is -2.33. The van der Waals surface area contributed by atoms with Gasteiger partial charge in [0.2, 0.25) is 16.0 Å². The van der Waals surface area contributed by atoms with Crippen LogP contribution in [0.1, 0.15) is 5.56 Å². The first-order valence-corrected chi connectivity index (χ1v) is 12.4. The monoisotopic (exact) mass is 518 g/mol. The summed E-state index contributed by atoms with van der Waals surface area (Å²) in [6.07, 6.45) is -3.01. The molecule has 188 valence electrons. The summed E-state index contributed by atoms with van der Waals surface area (Å²) >= 11 is 0. The van der Waals surface area contributed by atoms with Gasteiger partial charge in [-0.3, -0.25) is 0 Å². The Kier molecular flexibility index (Phi) is 6.04. The number of anilines is 1. The molecule has 0 N–H and O–H groups in total. The van der Waals surface area contributed by atoms with Gasteiger partial charge in [0.25, 0.3) is 5.78 Å². The molecule has 5 rings (SSSR count). The highest BCUT2D eigenvalue weighted by Crippen LogP contribution is 2.32. The van der Waals surface area contributed by atoms with Crippen LogP contribution in [0.25, 0.3) is 17.0 Å². The molecule has 1 aliphatic heterocycles. The van der Waals surface area contributed by atoms with Gasteiger partial charge in [-0.05, 0) is 30.3 Å². The lowest BCUT2D eigenvalue weighted by Crippen LogP contribution is -2.49. The van der Waals surface area contributed by atoms with Crippen molar-refractivity contribution in [3.05, 3.63) is 66.4 Å². The average Bonchev–Trinajstić information content (AvgIpc) is 3.33. The van der Waals surface area contributed by atoms with Crippen LogP contribution >= 0.6 is 0 Å². The number of hydrogen-bond acceptors (Lipinski definition) is 7. The van der Waals surface area contributed by atoms with Gasteiger partial charge in [-0.1, -0.05) is 18.2 Å². The van der Waals surface area contributed by atoms with Gasteiger partial charge in [-0.15, -0.1) is 5.10 Å². The molecule has 0 aliphatic carbocycles. The van der Waals surface area contributed by atoms with Gasteiger partial charge >= 0.3 is 6.18 Å². The summed E-state index contributed by atoms with van der Waals surface area (Å²) in [4.78, 5) is 10.6. The predicted octanol–water partition coefficient (Wildman–Crippen LogP) is 3.33. The molecule has 36 heavy (non-hydrogen) atoms. The molecule has 0 unspecified atom stereocenters. The molecule has 0 atom stereocenters. The maximum Gasteiger partial charge on any atom is 0.416 e. The van der Waals surface area contributed by atoms with Gasteiger partial charge in [0.1, 0.15) is 5.75 Å². The molecule has 0 radical (unpaired) electrons. The Morgan fingerprint density at radius 2 is 1.72 bits per heavy atom. The van der Waals surface area contributed by atoms with E-state index in [1.54, 1.807) is 24.3 Å². The minimum atomic E-state index is -4.47. The van der Waals surface area contributed by atoms with Gasteiger partial charge < -0.3 is 9.64 Å². The average molecular weight is 519 g/mol. The van der Waals surface area contributed by atoms with Gasteiger partial charge in [0.05, 0.1) is 23.3 Å². The topological polar surface area (TPSA) is 92.9 Å². The van der Waals surface area contributed by atoms with E-state index in [4.69, 9.17) is 4.74 Å². The first kappa shape index (κ1) is 24.0. The Bertz CT molecular complexity index is 1520. The maximum atomic E-state index is 13.2. The zero-order chi connectivity index (χ0) is 25.5. The van der Waals surface area contributed by atoms with E-state index in [1.807, 2.05) is 4.90 Å². The molecule has 1 fully saturated rings. The number of ether oxygens (including phenoxy) is 1. The van der Waals surface area contributed by atoms with Crippen LogP contribution in [-0.4, -0.2) is 65.6 Å². The molecule has 2 aromatic heterocycles. The highest BCUT2D eigenvalue weighted by Gasteiger charge is 2.32. The molecular weight excluding hydrogens is 497 g/mol. The second-order valence-electron chi connectivity index (χ2n) is 8.10. The summed E-state index contributed by atoms with van der Waals surface area (Å²) in [5, 5.41) is 4.48. The molecule has 3 heterocycles. The minimum Gasteiger partial charge on any atom is -0.497 e. The number of benzene rings is 2. The normalized spacial score (nSPS) is 15.4. The van der Waals surface area contributed by atoms with E-state index in [0.717, 1.165) is 12.1 Å². The van der Waals surface area contributed by atoms with Crippen LogP contribution in [0.4, 0.5) is 19.1 Å². The summed E-state index contributed by atoms with van der Waals surface area (Å²) in [5.74, 6) is 0.999. The first-order valence-electron chi connectivity index (χ1n) is 11.0. The summed E-state index contributed by atoms with van der Waals surface area (Å²) < 4.78 is 73.6. The fourth-order valence-electron chi connectivity index (χ4n) is 4.03. The van der Waals surface area contributed by atoms with Gasteiger partial charge in [0.15, 0.2) is 0 Å². The number of rotatable bonds is 5. The van der Waals surface area contributed by atoms with Gasteiger partial charge in [-0.25, -0.2) is 13.4 Å². The number of piperazine rings is 1. The fraction of sp³-hybridized carbons (Fsp3) is 0.261. The zero-order valence-corrected chi connectivity index (χ0v) is 19.9. The second kappa shape index (κ2) is 9.06. The number of halogens is 3. The van der Waals surface area contributed by atoms with Gasteiger partial charge in [-0.2, -0.15) is 27.0 Å². The van der Waals surface area contributed by atoms with Crippen molar-refractivity contribution in [2.75, 3.05) is 38.2 Å². The van der Waals surface area contributed by atoms with Crippen molar-refractivity contribution in [1.29, 1.82) is 0 Å². The Labute approximate surface area is 204 Å².